The number of pyridine rings is 1. The van der Waals surface area contributed by atoms with Crippen molar-refractivity contribution in [3.8, 4) is 0 Å². The normalized spacial score (nSPS) is 15.2. The first-order valence-corrected chi connectivity index (χ1v) is 11.7. The van der Waals surface area contributed by atoms with Gasteiger partial charge in [0.05, 0.1) is 11.3 Å². The number of anilines is 3. The van der Waals surface area contributed by atoms with E-state index in [4.69, 9.17) is 26.7 Å². The number of aliphatic imine (C=N–C) groups is 1. The minimum absolute atomic E-state index is 0.136. The molecular formula is C26H22ClN7O3. The van der Waals surface area contributed by atoms with Crippen LogP contribution in [0.5, 0.6) is 0 Å². The lowest BCUT2D eigenvalue weighted by Gasteiger charge is -2.26. The number of benzene rings is 2. The molecule has 2 aromatic heterocycles. The van der Waals surface area contributed by atoms with E-state index in [1.54, 1.807) is 49.4 Å². The zero-order valence-corrected chi connectivity index (χ0v) is 20.6. The Morgan fingerprint density at radius 3 is 2.70 bits per heavy atom. The summed E-state index contributed by atoms with van der Waals surface area (Å²) in [5, 5.41) is 9.33. The number of para-hydroxylation sites is 1. The van der Waals surface area contributed by atoms with E-state index in [1.807, 2.05) is 6.07 Å². The maximum atomic E-state index is 13.5. The van der Waals surface area contributed by atoms with Crippen molar-refractivity contribution in [3.05, 3.63) is 88.2 Å². The fourth-order valence-electron chi connectivity index (χ4n) is 3.98. The largest absolute Gasteiger partial charge is 0.421 e. The predicted molar refractivity (Wildman–Crippen MR) is 142 cm³/mol. The number of fused-ring (bicyclic) bond motifs is 1. The molecule has 1 aliphatic rings. The number of nitrogen functional groups attached to an aromatic ring is 1. The SMILES string of the molecule is CC(=O)c1ccnc(NC(=O)C2=C(C)NC(Nc3nc4cccc(N)c4o3)=NC2c2ccccc2Cl)c1. The van der Waals surface area contributed by atoms with E-state index in [0.717, 1.165) is 0 Å². The molecule has 3 heterocycles. The van der Waals surface area contributed by atoms with Gasteiger partial charge in [-0.3, -0.25) is 14.9 Å². The first-order valence-electron chi connectivity index (χ1n) is 11.3. The van der Waals surface area contributed by atoms with Gasteiger partial charge in [-0.05, 0) is 44.2 Å². The lowest BCUT2D eigenvalue weighted by Crippen LogP contribution is -2.37. The predicted octanol–water partition coefficient (Wildman–Crippen LogP) is 4.69. The molecule has 5 rings (SSSR count). The molecule has 5 N–H and O–H groups in total. The van der Waals surface area contributed by atoms with Gasteiger partial charge in [-0.25, -0.2) is 9.98 Å². The summed E-state index contributed by atoms with van der Waals surface area (Å²) in [5.41, 5.74) is 9.41. The highest BCUT2D eigenvalue weighted by atomic mass is 35.5. The van der Waals surface area contributed by atoms with Gasteiger partial charge in [0.1, 0.15) is 17.4 Å². The fraction of sp³-hybridized carbons (Fsp3) is 0.115. The second-order valence-electron chi connectivity index (χ2n) is 8.35. The van der Waals surface area contributed by atoms with Crippen LogP contribution in [0.25, 0.3) is 11.1 Å². The van der Waals surface area contributed by atoms with E-state index < -0.39 is 11.9 Å². The number of nitrogens with two attached hydrogens (primary N) is 1. The molecule has 0 spiro atoms. The Balaban J connectivity index is 1.49. The molecule has 10 nitrogen and oxygen atoms in total. The summed E-state index contributed by atoms with van der Waals surface area (Å²) >= 11 is 6.51. The van der Waals surface area contributed by atoms with Gasteiger partial charge in [-0.1, -0.05) is 35.9 Å². The molecule has 1 unspecified atom stereocenters. The number of hydrogen-bond donors (Lipinski definition) is 4. The number of rotatable bonds is 5. The van der Waals surface area contributed by atoms with Crippen LogP contribution < -0.4 is 21.7 Å². The van der Waals surface area contributed by atoms with Crippen molar-refractivity contribution in [1.82, 2.24) is 15.3 Å². The highest BCUT2D eigenvalue weighted by Crippen LogP contribution is 2.35. The maximum Gasteiger partial charge on any atom is 0.302 e. The Hall–Kier alpha value is -4.70. The third-order valence-electron chi connectivity index (χ3n) is 5.76. The van der Waals surface area contributed by atoms with Crippen LogP contribution in [0.15, 0.2) is 81.5 Å². The molecule has 0 radical (unpaired) electrons. The van der Waals surface area contributed by atoms with Crippen LogP contribution in [0.2, 0.25) is 5.02 Å². The molecule has 0 saturated carbocycles. The number of nitrogens with one attached hydrogen (secondary N) is 3. The first-order chi connectivity index (χ1) is 17.8. The van der Waals surface area contributed by atoms with Crippen LogP contribution in [0, 0.1) is 0 Å². The van der Waals surface area contributed by atoms with Gasteiger partial charge in [-0.2, -0.15) is 4.98 Å². The number of guanidine groups is 1. The molecule has 0 aliphatic carbocycles. The average Bonchev–Trinajstić information content (AvgIpc) is 3.28. The molecule has 0 bridgehead atoms. The van der Waals surface area contributed by atoms with E-state index >= 15 is 0 Å². The third-order valence-corrected chi connectivity index (χ3v) is 6.11. The van der Waals surface area contributed by atoms with E-state index in [2.05, 4.69) is 25.9 Å². The Kier molecular flexibility index (Phi) is 6.33. The van der Waals surface area contributed by atoms with Crippen LogP contribution in [-0.2, 0) is 4.79 Å². The standard InChI is InChI=1S/C26H22ClN7O3/c1-13-21(24(36)32-20-12-15(14(2)35)10-11-29-20)22(16-6-3-4-7-17(16)27)33-25(30-13)34-26-31-19-9-5-8-18(28)23(19)37-26/h3-12,22H,28H2,1-2H3,(H,29,32,36)(H2,30,31,33,34). The van der Waals surface area contributed by atoms with Gasteiger partial charge >= 0.3 is 6.01 Å². The van der Waals surface area contributed by atoms with Gasteiger partial charge < -0.3 is 20.8 Å². The summed E-state index contributed by atoms with van der Waals surface area (Å²) < 4.78 is 5.76. The van der Waals surface area contributed by atoms with Gasteiger partial charge in [0, 0.05) is 28.0 Å². The van der Waals surface area contributed by atoms with Gasteiger partial charge in [0.15, 0.2) is 11.4 Å². The topological polar surface area (TPSA) is 148 Å². The lowest BCUT2D eigenvalue weighted by molar-refractivity contribution is -0.113. The molecule has 1 atom stereocenters. The number of oxazole rings is 1. The Labute approximate surface area is 216 Å². The van der Waals surface area contributed by atoms with E-state index in [9.17, 15) is 9.59 Å². The van der Waals surface area contributed by atoms with Crippen molar-refractivity contribution >= 4 is 57.9 Å². The number of ketones is 1. The fourth-order valence-corrected chi connectivity index (χ4v) is 4.22. The lowest BCUT2D eigenvalue weighted by atomic mass is 9.95. The van der Waals surface area contributed by atoms with Crippen molar-refractivity contribution in [2.45, 2.75) is 19.9 Å². The van der Waals surface area contributed by atoms with Crippen LogP contribution in [0.1, 0.15) is 35.8 Å². The van der Waals surface area contributed by atoms with Crippen molar-refractivity contribution in [2.24, 2.45) is 4.99 Å². The number of hydrogen-bond acceptors (Lipinski definition) is 9. The summed E-state index contributed by atoms with van der Waals surface area (Å²) in [4.78, 5) is 38.5. The number of halogens is 1. The first kappa shape index (κ1) is 24.0. The maximum absolute atomic E-state index is 13.5. The second-order valence-corrected chi connectivity index (χ2v) is 8.75. The van der Waals surface area contributed by atoms with Gasteiger partial charge in [0.25, 0.3) is 5.91 Å². The molecular weight excluding hydrogens is 494 g/mol. The molecule has 37 heavy (non-hydrogen) atoms. The summed E-state index contributed by atoms with van der Waals surface area (Å²) in [6.07, 6.45) is 1.46. The number of amides is 1. The molecule has 1 amide bonds. The van der Waals surface area contributed by atoms with Crippen molar-refractivity contribution in [2.75, 3.05) is 16.4 Å². The number of allylic oxidation sites excluding steroid dienone is 1. The van der Waals surface area contributed by atoms with E-state index in [0.29, 0.717) is 50.2 Å². The number of carbonyl (C=O) groups is 2. The van der Waals surface area contributed by atoms with Crippen molar-refractivity contribution in [3.63, 3.8) is 0 Å². The van der Waals surface area contributed by atoms with Crippen LogP contribution >= 0.6 is 11.6 Å². The summed E-state index contributed by atoms with van der Waals surface area (Å²) in [7, 11) is 0. The number of carbonyl (C=O) groups excluding carboxylic acids is 2. The number of nitrogens with zero attached hydrogens (tertiary/aromatic N) is 3. The summed E-state index contributed by atoms with van der Waals surface area (Å²) in [5.74, 6) is -0.0305. The smallest absolute Gasteiger partial charge is 0.302 e. The third kappa shape index (κ3) is 4.87. The minimum Gasteiger partial charge on any atom is -0.421 e. The van der Waals surface area contributed by atoms with E-state index in [-0.39, 0.29) is 17.6 Å². The van der Waals surface area contributed by atoms with Crippen LogP contribution in [0.3, 0.4) is 0 Å². The Morgan fingerprint density at radius 1 is 1.14 bits per heavy atom. The molecule has 4 aromatic rings. The summed E-state index contributed by atoms with van der Waals surface area (Å²) in [6.45, 7) is 3.19. The number of Topliss-reactive ketones (excluding diaryl/α,β-unsaturated/α-hetero) is 1. The molecule has 0 saturated heterocycles. The molecule has 1 aliphatic heterocycles. The number of aromatic nitrogens is 2. The minimum atomic E-state index is -0.761. The zero-order chi connectivity index (χ0) is 26.1. The van der Waals surface area contributed by atoms with Crippen LogP contribution in [0.4, 0.5) is 17.5 Å². The highest BCUT2D eigenvalue weighted by Gasteiger charge is 2.31. The molecule has 186 valence electrons. The van der Waals surface area contributed by atoms with Gasteiger partial charge in [-0.15, -0.1) is 0 Å². The highest BCUT2D eigenvalue weighted by molar-refractivity contribution is 6.31. The quantitative estimate of drug-likeness (QED) is 0.221. The van der Waals surface area contributed by atoms with Crippen molar-refractivity contribution < 1.29 is 14.0 Å². The average molecular weight is 516 g/mol. The second kappa shape index (κ2) is 9.75. The zero-order valence-electron chi connectivity index (χ0n) is 19.9. The monoisotopic (exact) mass is 515 g/mol. The molecule has 0 fully saturated rings. The van der Waals surface area contributed by atoms with Gasteiger partial charge in [0.2, 0.25) is 5.96 Å². The Morgan fingerprint density at radius 2 is 1.95 bits per heavy atom. The van der Waals surface area contributed by atoms with Crippen LogP contribution in [-0.4, -0.2) is 27.6 Å². The van der Waals surface area contributed by atoms with E-state index in [1.165, 1.54) is 19.2 Å². The summed E-state index contributed by atoms with van der Waals surface area (Å²) in [6, 6.07) is 15.0. The van der Waals surface area contributed by atoms with Crippen molar-refractivity contribution in [1.29, 1.82) is 0 Å². The Bertz CT molecular complexity index is 1610. The molecule has 11 heteroatoms. The molecule has 2 aromatic carbocycles.